The smallest absolute Gasteiger partial charge is 0.255 e. The summed E-state index contributed by atoms with van der Waals surface area (Å²) in [7, 11) is 0. The first-order valence-electron chi connectivity index (χ1n) is 6.56. The minimum absolute atomic E-state index is 0.109. The Morgan fingerprint density at radius 1 is 1.14 bits per heavy atom. The van der Waals surface area contributed by atoms with Gasteiger partial charge in [0.2, 0.25) is 0 Å². The SMILES string of the molecule is Cc1ccc(NC(=O)c2cccc(I)c2)c2cccnc12. The Hall–Kier alpha value is -1.95. The number of hydrogen-bond donors (Lipinski definition) is 1. The molecule has 4 heteroatoms. The fourth-order valence-corrected chi connectivity index (χ4v) is 2.79. The Bertz CT molecular complexity index is 830. The van der Waals surface area contributed by atoms with Crippen LogP contribution in [0.25, 0.3) is 10.9 Å². The number of aryl methyl sites for hydroxylation is 1. The lowest BCUT2D eigenvalue weighted by Crippen LogP contribution is -2.12. The molecule has 0 saturated heterocycles. The molecule has 0 bridgehead atoms. The highest BCUT2D eigenvalue weighted by Crippen LogP contribution is 2.25. The maximum atomic E-state index is 12.4. The number of amides is 1. The molecule has 0 radical (unpaired) electrons. The molecule has 2 aromatic carbocycles. The summed E-state index contributed by atoms with van der Waals surface area (Å²) >= 11 is 2.20. The van der Waals surface area contributed by atoms with E-state index in [1.807, 2.05) is 55.5 Å². The maximum absolute atomic E-state index is 12.4. The van der Waals surface area contributed by atoms with Crippen molar-refractivity contribution in [1.29, 1.82) is 0 Å². The molecule has 21 heavy (non-hydrogen) atoms. The van der Waals surface area contributed by atoms with Crippen molar-refractivity contribution in [3.05, 3.63) is 69.4 Å². The van der Waals surface area contributed by atoms with Gasteiger partial charge in [0, 0.05) is 20.7 Å². The molecule has 3 nitrogen and oxygen atoms in total. The van der Waals surface area contributed by atoms with Crippen molar-refractivity contribution in [3.8, 4) is 0 Å². The highest BCUT2D eigenvalue weighted by atomic mass is 127. The zero-order chi connectivity index (χ0) is 14.8. The third-order valence-electron chi connectivity index (χ3n) is 3.31. The molecule has 3 rings (SSSR count). The van der Waals surface area contributed by atoms with Crippen LogP contribution in [-0.4, -0.2) is 10.9 Å². The molecule has 0 aliphatic carbocycles. The minimum Gasteiger partial charge on any atom is -0.321 e. The Morgan fingerprint density at radius 2 is 2.00 bits per heavy atom. The van der Waals surface area contributed by atoms with E-state index < -0.39 is 0 Å². The van der Waals surface area contributed by atoms with Crippen LogP contribution < -0.4 is 5.32 Å². The third kappa shape index (κ3) is 2.90. The van der Waals surface area contributed by atoms with Crippen molar-refractivity contribution in [3.63, 3.8) is 0 Å². The fourth-order valence-electron chi connectivity index (χ4n) is 2.25. The van der Waals surface area contributed by atoms with Gasteiger partial charge in [0.25, 0.3) is 5.91 Å². The molecule has 0 atom stereocenters. The number of fused-ring (bicyclic) bond motifs is 1. The number of aromatic nitrogens is 1. The number of carbonyl (C=O) groups is 1. The van der Waals surface area contributed by atoms with E-state index in [9.17, 15) is 4.79 Å². The predicted molar refractivity (Wildman–Crippen MR) is 93.6 cm³/mol. The summed E-state index contributed by atoms with van der Waals surface area (Å²) in [6, 6.07) is 15.3. The van der Waals surface area contributed by atoms with Crippen molar-refractivity contribution in [2.24, 2.45) is 0 Å². The molecule has 104 valence electrons. The number of benzene rings is 2. The molecule has 0 aliphatic rings. The van der Waals surface area contributed by atoms with Gasteiger partial charge in [-0.25, -0.2) is 0 Å². The Morgan fingerprint density at radius 3 is 2.81 bits per heavy atom. The second-order valence-electron chi connectivity index (χ2n) is 4.79. The van der Waals surface area contributed by atoms with Gasteiger partial charge in [-0.15, -0.1) is 0 Å². The molecule has 3 aromatic rings. The van der Waals surface area contributed by atoms with Crippen molar-refractivity contribution in [2.75, 3.05) is 5.32 Å². The quantitative estimate of drug-likeness (QED) is 0.662. The predicted octanol–water partition coefficient (Wildman–Crippen LogP) is 4.40. The van der Waals surface area contributed by atoms with Gasteiger partial charge in [-0.1, -0.05) is 12.1 Å². The van der Waals surface area contributed by atoms with Gasteiger partial charge in [0.15, 0.2) is 0 Å². The Labute approximate surface area is 136 Å². The molecule has 0 unspecified atom stereocenters. The largest absolute Gasteiger partial charge is 0.321 e. The van der Waals surface area contributed by atoms with Crippen LogP contribution in [0.3, 0.4) is 0 Å². The molecular weight excluding hydrogens is 375 g/mol. The second-order valence-corrected chi connectivity index (χ2v) is 6.04. The summed E-state index contributed by atoms with van der Waals surface area (Å²) < 4.78 is 1.04. The van der Waals surface area contributed by atoms with Crippen LogP contribution in [0.15, 0.2) is 54.7 Å². The van der Waals surface area contributed by atoms with Crippen LogP contribution in [0, 0.1) is 10.5 Å². The minimum atomic E-state index is -0.109. The van der Waals surface area contributed by atoms with E-state index in [2.05, 4.69) is 32.9 Å². The lowest BCUT2D eigenvalue weighted by molar-refractivity contribution is 0.102. The number of rotatable bonds is 2. The summed E-state index contributed by atoms with van der Waals surface area (Å²) in [5, 5.41) is 3.93. The van der Waals surface area contributed by atoms with Gasteiger partial charge >= 0.3 is 0 Å². The van der Waals surface area contributed by atoms with E-state index >= 15 is 0 Å². The van der Waals surface area contributed by atoms with Gasteiger partial charge in [0.05, 0.1) is 11.2 Å². The lowest BCUT2D eigenvalue weighted by atomic mass is 10.1. The number of carbonyl (C=O) groups excluding carboxylic acids is 1. The van der Waals surface area contributed by atoms with Crippen molar-refractivity contribution in [2.45, 2.75) is 6.92 Å². The van der Waals surface area contributed by atoms with Crippen molar-refractivity contribution < 1.29 is 4.79 Å². The molecule has 0 saturated carbocycles. The number of pyridine rings is 1. The van der Waals surface area contributed by atoms with Gasteiger partial charge in [0.1, 0.15) is 0 Å². The molecule has 1 heterocycles. The van der Waals surface area contributed by atoms with E-state index in [0.29, 0.717) is 5.56 Å². The highest BCUT2D eigenvalue weighted by molar-refractivity contribution is 14.1. The van der Waals surface area contributed by atoms with E-state index in [1.165, 1.54) is 0 Å². The first-order valence-corrected chi connectivity index (χ1v) is 7.64. The molecule has 1 aromatic heterocycles. The zero-order valence-corrected chi connectivity index (χ0v) is 13.6. The van der Waals surface area contributed by atoms with E-state index in [1.54, 1.807) is 6.20 Å². The van der Waals surface area contributed by atoms with Gasteiger partial charge in [-0.3, -0.25) is 9.78 Å². The number of anilines is 1. The van der Waals surface area contributed by atoms with Crippen LogP contribution in [0.2, 0.25) is 0 Å². The van der Waals surface area contributed by atoms with Crippen LogP contribution in [-0.2, 0) is 0 Å². The van der Waals surface area contributed by atoms with E-state index in [0.717, 1.165) is 25.7 Å². The number of hydrogen-bond acceptors (Lipinski definition) is 2. The third-order valence-corrected chi connectivity index (χ3v) is 3.98. The molecule has 0 spiro atoms. The Kier molecular flexibility index (Phi) is 3.88. The maximum Gasteiger partial charge on any atom is 0.255 e. The summed E-state index contributed by atoms with van der Waals surface area (Å²) in [5.74, 6) is -0.109. The van der Waals surface area contributed by atoms with Crippen molar-refractivity contribution in [1.82, 2.24) is 4.98 Å². The first kappa shape index (κ1) is 14.0. The number of nitrogens with one attached hydrogen (secondary N) is 1. The molecule has 1 N–H and O–H groups in total. The zero-order valence-electron chi connectivity index (χ0n) is 11.4. The molecule has 1 amide bonds. The van der Waals surface area contributed by atoms with E-state index in [-0.39, 0.29) is 5.91 Å². The van der Waals surface area contributed by atoms with E-state index in [4.69, 9.17) is 0 Å². The summed E-state index contributed by atoms with van der Waals surface area (Å²) in [6.07, 6.45) is 1.76. The topological polar surface area (TPSA) is 42.0 Å². The monoisotopic (exact) mass is 388 g/mol. The molecule has 0 aliphatic heterocycles. The highest BCUT2D eigenvalue weighted by Gasteiger charge is 2.10. The second kappa shape index (κ2) is 5.81. The average Bonchev–Trinajstić information content (AvgIpc) is 2.50. The van der Waals surface area contributed by atoms with Gasteiger partial charge in [-0.2, -0.15) is 0 Å². The molecular formula is C17H13IN2O. The van der Waals surface area contributed by atoms with Gasteiger partial charge in [-0.05, 0) is 71.5 Å². The first-order chi connectivity index (χ1) is 10.1. The number of halogens is 1. The molecule has 0 fully saturated rings. The Balaban J connectivity index is 1.99. The number of nitrogens with zero attached hydrogens (tertiary/aromatic N) is 1. The van der Waals surface area contributed by atoms with Crippen LogP contribution in [0.1, 0.15) is 15.9 Å². The van der Waals surface area contributed by atoms with Crippen LogP contribution >= 0.6 is 22.6 Å². The lowest BCUT2D eigenvalue weighted by Gasteiger charge is -2.10. The normalized spacial score (nSPS) is 10.6. The standard InChI is InChI=1S/C17H13IN2O/c1-11-7-8-15(14-6-3-9-19-16(11)14)20-17(21)12-4-2-5-13(18)10-12/h2-10H,1H3,(H,20,21). The van der Waals surface area contributed by atoms with Gasteiger partial charge < -0.3 is 5.32 Å². The van der Waals surface area contributed by atoms with Crippen molar-refractivity contribution >= 4 is 45.1 Å². The van der Waals surface area contributed by atoms with Crippen LogP contribution in [0.5, 0.6) is 0 Å². The van der Waals surface area contributed by atoms with Crippen LogP contribution in [0.4, 0.5) is 5.69 Å². The summed E-state index contributed by atoms with van der Waals surface area (Å²) in [6.45, 7) is 2.01. The average molecular weight is 388 g/mol. The fraction of sp³-hybridized carbons (Fsp3) is 0.0588. The summed E-state index contributed by atoms with van der Waals surface area (Å²) in [4.78, 5) is 16.7. The summed E-state index contributed by atoms with van der Waals surface area (Å²) in [5.41, 5.74) is 3.45.